The molecule has 2 aliphatic heterocycles. The van der Waals surface area contributed by atoms with Gasteiger partial charge >= 0.3 is 12.1 Å². The maximum atomic E-state index is 14.8. The Kier molecular flexibility index (Phi) is 8.83. The molecular formula is C30H31F4N5O4. The zero-order valence-electron chi connectivity index (χ0n) is 23.4. The Morgan fingerprint density at radius 3 is 2.51 bits per heavy atom. The van der Waals surface area contributed by atoms with E-state index in [4.69, 9.17) is 14.6 Å². The number of methoxy groups -OCH3 is 1. The first-order valence-electron chi connectivity index (χ1n) is 13.8. The van der Waals surface area contributed by atoms with Crippen molar-refractivity contribution in [2.45, 2.75) is 44.1 Å². The van der Waals surface area contributed by atoms with Crippen LogP contribution in [0.3, 0.4) is 0 Å². The van der Waals surface area contributed by atoms with Gasteiger partial charge in [0, 0.05) is 66.9 Å². The number of benzene rings is 2. The molecule has 2 aliphatic rings. The van der Waals surface area contributed by atoms with Crippen molar-refractivity contribution in [2.24, 2.45) is 0 Å². The van der Waals surface area contributed by atoms with E-state index in [9.17, 15) is 22.4 Å². The number of alkyl halides is 3. The second-order valence-electron chi connectivity index (χ2n) is 10.6. The third-order valence-electron chi connectivity index (χ3n) is 7.90. The summed E-state index contributed by atoms with van der Waals surface area (Å²) in [5, 5.41) is 11.8. The van der Waals surface area contributed by atoms with E-state index in [2.05, 4.69) is 21.3 Å². The van der Waals surface area contributed by atoms with Gasteiger partial charge in [-0.1, -0.05) is 0 Å². The number of rotatable bonds is 7. The average molecular weight is 602 g/mol. The third kappa shape index (κ3) is 6.73. The van der Waals surface area contributed by atoms with Crippen LogP contribution in [0.25, 0.3) is 16.6 Å². The zero-order chi connectivity index (χ0) is 30.7. The summed E-state index contributed by atoms with van der Waals surface area (Å²) >= 11 is 0. The Labute approximate surface area is 244 Å². The van der Waals surface area contributed by atoms with Gasteiger partial charge in [-0.2, -0.15) is 13.2 Å². The van der Waals surface area contributed by atoms with Crippen LogP contribution < -0.4 is 15.6 Å². The number of ether oxygens (including phenoxy) is 1. The molecule has 2 aromatic carbocycles. The largest absolute Gasteiger partial charge is 0.496 e. The quantitative estimate of drug-likeness (QED) is 0.305. The summed E-state index contributed by atoms with van der Waals surface area (Å²) in [5.74, 6) is -2.08. The van der Waals surface area contributed by atoms with Gasteiger partial charge in [0.2, 0.25) is 0 Å². The van der Waals surface area contributed by atoms with Gasteiger partial charge < -0.3 is 29.2 Å². The number of nitrogens with one attached hydrogen (secondary N) is 1. The maximum Gasteiger partial charge on any atom is 0.490 e. The first-order chi connectivity index (χ1) is 20.5. The van der Waals surface area contributed by atoms with Crippen molar-refractivity contribution in [3.8, 4) is 11.4 Å². The summed E-state index contributed by atoms with van der Waals surface area (Å²) in [4.78, 5) is 27.9. The lowest BCUT2D eigenvalue weighted by Crippen LogP contribution is -2.43. The fourth-order valence-electron chi connectivity index (χ4n) is 5.79. The van der Waals surface area contributed by atoms with E-state index in [0.717, 1.165) is 66.9 Å². The van der Waals surface area contributed by atoms with Gasteiger partial charge in [-0.25, -0.2) is 14.2 Å². The van der Waals surface area contributed by atoms with E-state index in [1.54, 1.807) is 42.4 Å². The highest BCUT2D eigenvalue weighted by atomic mass is 19.4. The summed E-state index contributed by atoms with van der Waals surface area (Å²) in [6, 6.07) is 13.3. The first kappa shape index (κ1) is 30.2. The lowest BCUT2D eigenvalue weighted by Gasteiger charge is -2.34. The second kappa shape index (κ2) is 12.6. The standard InChI is InChI=1S/C28H30FN5O2.C2HF3O2/c1-36-25-6-4-23(33-13-10-30-18-33)14-20(25)15-31-22-8-11-32(12-9-22)16-21-17-34-26(35)7-3-19-2-5-24(29)27(21)28(19)34;3-2(4,5)1(6)7/h2-7,10,13-14,18,21-22,31H,8-9,11-12,15-17H2,1H3;(H,6,7). The van der Waals surface area contributed by atoms with Crippen LogP contribution in [0.2, 0.25) is 0 Å². The van der Waals surface area contributed by atoms with Gasteiger partial charge in [0.15, 0.2) is 0 Å². The monoisotopic (exact) mass is 601 g/mol. The minimum Gasteiger partial charge on any atom is -0.496 e. The minimum absolute atomic E-state index is 0.00323. The van der Waals surface area contributed by atoms with Crippen molar-refractivity contribution in [3.63, 3.8) is 0 Å². The van der Waals surface area contributed by atoms with Crippen LogP contribution in [0.4, 0.5) is 17.6 Å². The number of imidazole rings is 1. The molecule has 0 aliphatic carbocycles. The molecule has 1 unspecified atom stereocenters. The predicted molar refractivity (Wildman–Crippen MR) is 151 cm³/mol. The number of pyridine rings is 1. The number of carbonyl (C=O) groups is 1. The Hall–Kier alpha value is -4.23. The van der Waals surface area contributed by atoms with E-state index in [1.807, 2.05) is 22.9 Å². The number of halogens is 4. The molecular weight excluding hydrogens is 570 g/mol. The molecule has 0 amide bonds. The maximum absolute atomic E-state index is 14.8. The number of hydrogen-bond donors (Lipinski definition) is 2. The van der Waals surface area contributed by atoms with E-state index < -0.39 is 12.1 Å². The van der Waals surface area contributed by atoms with Gasteiger partial charge in [0.05, 0.1) is 19.0 Å². The van der Waals surface area contributed by atoms with Crippen molar-refractivity contribution < 1.29 is 32.2 Å². The van der Waals surface area contributed by atoms with Crippen molar-refractivity contribution in [3.05, 3.63) is 88.5 Å². The van der Waals surface area contributed by atoms with Crippen molar-refractivity contribution in [1.82, 2.24) is 24.3 Å². The fraction of sp³-hybridized carbons (Fsp3) is 0.367. The van der Waals surface area contributed by atoms with Crippen molar-refractivity contribution in [1.29, 1.82) is 0 Å². The summed E-state index contributed by atoms with van der Waals surface area (Å²) in [7, 11) is 1.70. The van der Waals surface area contributed by atoms with Gasteiger partial charge in [-0.3, -0.25) is 4.79 Å². The van der Waals surface area contributed by atoms with E-state index in [1.165, 1.54) is 6.07 Å². The molecule has 9 nitrogen and oxygen atoms in total. The van der Waals surface area contributed by atoms with Crippen LogP contribution in [-0.4, -0.2) is 69.1 Å². The molecule has 1 atom stereocenters. The van der Waals surface area contributed by atoms with Crippen LogP contribution >= 0.6 is 0 Å². The minimum atomic E-state index is -5.08. The molecule has 13 heteroatoms. The molecule has 0 spiro atoms. The van der Waals surface area contributed by atoms with Crippen LogP contribution in [0.15, 0.2) is 66.0 Å². The molecule has 6 rings (SSSR count). The Morgan fingerprint density at radius 1 is 1.14 bits per heavy atom. The molecule has 4 heterocycles. The molecule has 0 radical (unpaired) electrons. The predicted octanol–water partition coefficient (Wildman–Crippen LogP) is 4.32. The Balaban J connectivity index is 0.000000472. The smallest absolute Gasteiger partial charge is 0.490 e. The number of carboxylic acids is 1. The topological polar surface area (TPSA) is 102 Å². The van der Waals surface area contributed by atoms with E-state index >= 15 is 0 Å². The number of aromatic nitrogens is 3. The van der Waals surface area contributed by atoms with Crippen LogP contribution in [0, 0.1) is 5.82 Å². The number of carboxylic acid groups (broad SMARTS) is 1. The number of likely N-dealkylation sites (tertiary alicyclic amines) is 1. The molecule has 228 valence electrons. The SMILES string of the molecule is COc1ccc(-n2ccnc2)cc1CNC1CCN(CC2Cn3c(=O)ccc4ccc(F)c2c43)CC1.O=C(O)C(F)(F)F. The van der Waals surface area contributed by atoms with Gasteiger partial charge in [-0.15, -0.1) is 0 Å². The summed E-state index contributed by atoms with van der Waals surface area (Å²) < 4.78 is 55.9. The zero-order valence-corrected chi connectivity index (χ0v) is 23.4. The number of nitrogens with zero attached hydrogens (tertiary/aromatic N) is 4. The summed E-state index contributed by atoms with van der Waals surface area (Å²) in [5.41, 5.74) is 3.60. The lowest BCUT2D eigenvalue weighted by atomic mass is 9.96. The van der Waals surface area contributed by atoms with Gasteiger partial charge in [0.25, 0.3) is 5.56 Å². The second-order valence-corrected chi connectivity index (χ2v) is 10.6. The van der Waals surface area contributed by atoms with Crippen LogP contribution in [0.1, 0.15) is 29.9 Å². The normalized spacial score (nSPS) is 17.1. The van der Waals surface area contributed by atoms with Crippen molar-refractivity contribution in [2.75, 3.05) is 26.7 Å². The van der Waals surface area contributed by atoms with Gasteiger partial charge in [0.1, 0.15) is 11.6 Å². The first-order valence-corrected chi connectivity index (χ1v) is 13.8. The van der Waals surface area contributed by atoms with E-state index in [0.29, 0.717) is 18.2 Å². The molecule has 0 saturated carbocycles. The van der Waals surface area contributed by atoms with E-state index in [-0.39, 0.29) is 17.3 Å². The molecule has 1 fully saturated rings. The lowest BCUT2D eigenvalue weighted by molar-refractivity contribution is -0.192. The van der Waals surface area contributed by atoms with Gasteiger partial charge in [-0.05, 0) is 67.7 Å². The number of piperidine rings is 1. The molecule has 2 aromatic heterocycles. The molecule has 2 N–H and O–H groups in total. The Morgan fingerprint density at radius 2 is 1.86 bits per heavy atom. The number of hydrogen-bond acceptors (Lipinski definition) is 6. The molecule has 1 saturated heterocycles. The molecule has 43 heavy (non-hydrogen) atoms. The average Bonchev–Trinajstić information content (AvgIpc) is 3.66. The summed E-state index contributed by atoms with van der Waals surface area (Å²) in [6.45, 7) is 3.94. The van der Waals surface area contributed by atoms with Crippen LogP contribution in [0.5, 0.6) is 5.75 Å². The van der Waals surface area contributed by atoms with Crippen LogP contribution in [-0.2, 0) is 17.9 Å². The molecule has 4 aromatic rings. The Bertz CT molecular complexity index is 1650. The third-order valence-corrected chi connectivity index (χ3v) is 7.90. The highest BCUT2D eigenvalue weighted by Crippen LogP contribution is 2.35. The fourth-order valence-corrected chi connectivity index (χ4v) is 5.79. The summed E-state index contributed by atoms with van der Waals surface area (Å²) in [6.07, 6.45) is 2.46. The van der Waals surface area contributed by atoms with Crippen molar-refractivity contribution >= 4 is 16.9 Å². The highest BCUT2D eigenvalue weighted by molar-refractivity contribution is 5.84. The molecule has 0 bridgehead atoms. The highest BCUT2D eigenvalue weighted by Gasteiger charge is 2.38. The number of aliphatic carboxylic acids is 1.